The van der Waals surface area contributed by atoms with Crippen LogP contribution in [0.2, 0.25) is 0 Å². The maximum Gasteiger partial charge on any atom is 0.235 e. The third-order valence-corrected chi connectivity index (χ3v) is 3.60. The van der Waals surface area contributed by atoms with Crippen LogP contribution in [0.5, 0.6) is 0 Å². The lowest BCUT2D eigenvalue weighted by molar-refractivity contribution is 0.158. The van der Waals surface area contributed by atoms with E-state index >= 15 is 0 Å². The molecular formula is C10H15NO. The lowest BCUT2D eigenvalue weighted by Crippen LogP contribution is -2.41. The standard InChI is InChI=1S/C10H15NO/c12-8-11-10(6-3-7-10)9-4-1-2-5-9/h9H,1-7H2. The molecule has 2 rings (SSSR count). The summed E-state index contributed by atoms with van der Waals surface area (Å²) in [5, 5.41) is 0. The van der Waals surface area contributed by atoms with E-state index in [0.29, 0.717) is 5.92 Å². The van der Waals surface area contributed by atoms with Gasteiger partial charge in [-0.05, 0) is 38.0 Å². The van der Waals surface area contributed by atoms with Crippen LogP contribution < -0.4 is 0 Å². The van der Waals surface area contributed by atoms with E-state index in [2.05, 4.69) is 4.99 Å². The Hall–Kier alpha value is -0.620. The summed E-state index contributed by atoms with van der Waals surface area (Å²) in [6.45, 7) is 0. The number of carbonyl (C=O) groups excluding carboxylic acids is 1. The van der Waals surface area contributed by atoms with Gasteiger partial charge in [0, 0.05) is 0 Å². The Labute approximate surface area is 73.1 Å². The maximum atomic E-state index is 10.3. The van der Waals surface area contributed by atoms with Gasteiger partial charge in [-0.1, -0.05) is 12.8 Å². The molecule has 2 aliphatic carbocycles. The van der Waals surface area contributed by atoms with E-state index in [0.717, 1.165) is 12.8 Å². The first kappa shape index (κ1) is 8.00. The van der Waals surface area contributed by atoms with Gasteiger partial charge in [-0.2, -0.15) is 4.99 Å². The molecule has 0 radical (unpaired) electrons. The average Bonchev–Trinajstić information content (AvgIpc) is 2.48. The molecule has 0 aromatic carbocycles. The van der Waals surface area contributed by atoms with Crippen molar-refractivity contribution in [3.8, 4) is 0 Å². The first-order valence-electron chi connectivity index (χ1n) is 4.96. The Morgan fingerprint density at radius 1 is 1.17 bits per heavy atom. The zero-order valence-electron chi connectivity index (χ0n) is 7.38. The quantitative estimate of drug-likeness (QED) is 0.456. The molecule has 2 saturated carbocycles. The van der Waals surface area contributed by atoms with Gasteiger partial charge in [0.2, 0.25) is 6.08 Å². The van der Waals surface area contributed by atoms with E-state index in [4.69, 9.17) is 0 Å². The number of nitrogens with zero attached hydrogens (tertiary/aromatic N) is 1. The third-order valence-electron chi connectivity index (χ3n) is 3.60. The van der Waals surface area contributed by atoms with Crippen molar-refractivity contribution in [1.29, 1.82) is 0 Å². The van der Waals surface area contributed by atoms with Crippen LogP contribution in [-0.4, -0.2) is 11.6 Å². The van der Waals surface area contributed by atoms with Crippen molar-refractivity contribution >= 4 is 6.08 Å². The molecule has 0 heterocycles. The molecule has 0 atom stereocenters. The fourth-order valence-electron chi connectivity index (χ4n) is 2.70. The molecule has 0 spiro atoms. The van der Waals surface area contributed by atoms with E-state index in [-0.39, 0.29) is 5.54 Å². The smallest absolute Gasteiger partial charge is 0.211 e. The SMILES string of the molecule is O=C=NC1(C2CCCC2)CCC1. The Morgan fingerprint density at radius 2 is 1.83 bits per heavy atom. The number of aliphatic imine (C=N–C) groups is 1. The van der Waals surface area contributed by atoms with Crippen molar-refractivity contribution in [2.75, 3.05) is 0 Å². The Morgan fingerprint density at radius 3 is 2.25 bits per heavy atom. The summed E-state index contributed by atoms with van der Waals surface area (Å²) in [5.41, 5.74) is 0.0538. The van der Waals surface area contributed by atoms with Crippen LogP contribution >= 0.6 is 0 Å². The summed E-state index contributed by atoms with van der Waals surface area (Å²) < 4.78 is 0. The van der Waals surface area contributed by atoms with Crippen molar-refractivity contribution in [3.05, 3.63) is 0 Å². The minimum atomic E-state index is 0.0538. The van der Waals surface area contributed by atoms with Gasteiger partial charge in [0.25, 0.3) is 0 Å². The minimum absolute atomic E-state index is 0.0538. The van der Waals surface area contributed by atoms with E-state index in [1.807, 2.05) is 0 Å². The second-order valence-corrected chi connectivity index (χ2v) is 4.14. The highest BCUT2D eigenvalue weighted by Gasteiger charge is 2.44. The lowest BCUT2D eigenvalue weighted by Gasteiger charge is -2.41. The third kappa shape index (κ3) is 1.11. The molecule has 66 valence electrons. The predicted molar refractivity (Wildman–Crippen MR) is 46.7 cm³/mol. The van der Waals surface area contributed by atoms with Gasteiger partial charge in [0.1, 0.15) is 0 Å². The highest BCUT2D eigenvalue weighted by molar-refractivity contribution is 5.36. The van der Waals surface area contributed by atoms with Gasteiger partial charge in [0.15, 0.2) is 0 Å². The highest BCUT2D eigenvalue weighted by Crippen LogP contribution is 2.48. The molecule has 12 heavy (non-hydrogen) atoms. The molecule has 2 aliphatic rings. The van der Waals surface area contributed by atoms with Crippen LogP contribution in [0.4, 0.5) is 0 Å². The first-order valence-corrected chi connectivity index (χ1v) is 4.96. The molecule has 2 nitrogen and oxygen atoms in total. The topological polar surface area (TPSA) is 29.4 Å². The summed E-state index contributed by atoms with van der Waals surface area (Å²) >= 11 is 0. The predicted octanol–water partition coefficient (Wildman–Crippen LogP) is 2.44. The van der Waals surface area contributed by atoms with E-state index in [1.54, 1.807) is 6.08 Å². The molecule has 2 fully saturated rings. The molecule has 0 amide bonds. The number of hydrogen-bond donors (Lipinski definition) is 0. The van der Waals surface area contributed by atoms with Crippen molar-refractivity contribution in [2.24, 2.45) is 10.9 Å². The van der Waals surface area contributed by atoms with Crippen molar-refractivity contribution in [2.45, 2.75) is 50.5 Å². The van der Waals surface area contributed by atoms with Gasteiger partial charge in [-0.3, -0.25) is 0 Å². The number of isocyanates is 1. The van der Waals surface area contributed by atoms with Gasteiger partial charge < -0.3 is 0 Å². The van der Waals surface area contributed by atoms with Crippen LogP contribution in [0.25, 0.3) is 0 Å². The number of hydrogen-bond acceptors (Lipinski definition) is 2. The molecule has 0 aromatic rings. The Bertz CT molecular complexity index is 208. The van der Waals surface area contributed by atoms with Crippen molar-refractivity contribution in [3.63, 3.8) is 0 Å². The minimum Gasteiger partial charge on any atom is -0.211 e. The van der Waals surface area contributed by atoms with Crippen LogP contribution in [0, 0.1) is 5.92 Å². The van der Waals surface area contributed by atoms with Gasteiger partial charge in [-0.25, -0.2) is 4.79 Å². The van der Waals surface area contributed by atoms with E-state index in [9.17, 15) is 4.79 Å². The van der Waals surface area contributed by atoms with Crippen LogP contribution in [0.3, 0.4) is 0 Å². The molecule has 0 bridgehead atoms. The van der Waals surface area contributed by atoms with Gasteiger partial charge >= 0.3 is 0 Å². The first-order chi connectivity index (χ1) is 5.87. The monoisotopic (exact) mass is 165 g/mol. The van der Waals surface area contributed by atoms with Gasteiger partial charge in [0.05, 0.1) is 5.54 Å². The molecular weight excluding hydrogens is 150 g/mol. The molecule has 2 heteroatoms. The van der Waals surface area contributed by atoms with Crippen LogP contribution in [-0.2, 0) is 4.79 Å². The fraction of sp³-hybridized carbons (Fsp3) is 0.900. The maximum absolute atomic E-state index is 10.3. The highest BCUT2D eigenvalue weighted by atomic mass is 16.1. The zero-order chi connectivity index (χ0) is 8.44. The number of rotatable bonds is 2. The normalized spacial score (nSPS) is 27.7. The molecule has 0 aromatic heterocycles. The van der Waals surface area contributed by atoms with E-state index in [1.165, 1.54) is 32.1 Å². The van der Waals surface area contributed by atoms with Gasteiger partial charge in [-0.15, -0.1) is 0 Å². The summed E-state index contributed by atoms with van der Waals surface area (Å²) in [6.07, 6.45) is 10.5. The fourth-order valence-corrected chi connectivity index (χ4v) is 2.70. The molecule has 0 saturated heterocycles. The summed E-state index contributed by atoms with van der Waals surface area (Å²) in [6, 6.07) is 0. The Balaban J connectivity index is 2.10. The van der Waals surface area contributed by atoms with E-state index < -0.39 is 0 Å². The Kier molecular flexibility index (Phi) is 2.02. The van der Waals surface area contributed by atoms with Crippen molar-refractivity contribution in [1.82, 2.24) is 0 Å². The second-order valence-electron chi connectivity index (χ2n) is 4.14. The largest absolute Gasteiger partial charge is 0.235 e. The van der Waals surface area contributed by atoms with Crippen LogP contribution in [0.1, 0.15) is 44.9 Å². The second kappa shape index (κ2) is 3.02. The average molecular weight is 165 g/mol. The zero-order valence-corrected chi connectivity index (χ0v) is 7.38. The summed E-state index contributed by atoms with van der Waals surface area (Å²) in [7, 11) is 0. The summed E-state index contributed by atoms with van der Waals surface area (Å²) in [4.78, 5) is 14.3. The van der Waals surface area contributed by atoms with Crippen molar-refractivity contribution < 1.29 is 4.79 Å². The van der Waals surface area contributed by atoms with Crippen LogP contribution in [0.15, 0.2) is 4.99 Å². The molecule has 0 aliphatic heterocycles. The summed E-state index contributed by atoms with van der Waals surface area (Å²) in [5.74, 6) is 0.702. The molecule has 0 N–H and O–H groups in total. The molecule has 0 unspecified atom stereocenters. The lowest BCUT2D eigenvalue weighted by atomic mass is 9.68.